The maximum Gasteiger partial charge on any atom is 0.269 e. The van der Waals surface area contributed by atoms with Gasteiger partial charge in [0.15, 0.2) is 6.29 Å². The second-order valence-electron chi connectivity index (χ2n) is 6.43. The zero-order chi connectivity index (χ0) is 19.2. The summed E-state index contributed by atoms with van der Waals surface area (Å²) in [6.45, 7) is 2.79. The Morgan fingerprint density at radius 2 is 2.00 bits per heavy atom. The van der Waals surface area contributed by atoms with E-state index in [0.29, 0.717) is 17.8 Å². The highest BCUT2D eigenvalue weighted by Crippen LogP contribution is 2.19. The average molecular weight is 365 g/mol. The van der Waals surface area contributed by atoms with Gasteiger partial charge in [-0.2, -0.15) is 0 Å². The first-order valence-corrected chi connectivity index (χ1v) is 9.18. The Morgan fingerprint density at radius 1 is 1.19 bits per heavy atom. The first-order valence-electron chi connectivity index (χ1n) is 9.18. The van der Waals surface area contributed by atoms with Gasteiger partial charge in [0.1, 0.15) is 11.3 Å². The molecule has 0 saturated heterocycles. The molecule has 7 nitrogen and oxygen atoms in total. The van der Waals surface area contributed by atoms with Gasteiger partial charge in [0.25, 0.3) is 5.91 Å². The zero-order valence-electron chi connectivity index (χ0n) is 15.4. The number of aldehydes is 1. The van der Waals surface area contributed by atoms with E-state index in [-0.39, 0.29) is 5.69 Å². The Morgan fingerprint density at radius 3 is 2.74 bits per heavy atom. The van der Waals surface area contributed by atoms with Crippen LogP contribution in [0.1, 0.15) is 58.6 Å². The van der Waals surface area contributed by atoms with Crippen LogP contribution in [0.15, 0.2) is 30.6 Å². The van der Waals surface area contributed by atoms with Gasteiger partial charge >= 0.3 is 0 Å². The molecule has 3 heterocycles. The summed E-state index contributed by atoms with van der Waals surface area (Å²) in [6, 6.07) is 5.90. The molecular formula is C20H23N5O2. The summed E-state index contributed by atoms with van der Waals surface area (Å²) in [5.41, 5.74) is 8.74. The third-order valence-electron chi connectivity index (χ3n) is 4.62. The number of aromatic nitrogens is 4. The number of nitrogens with two attached hydrogens (primary N) is 1. The third-order valence-corrected chi connectivity index (χ3v) is 4.62. The molecule has 27 heavy (non-hydrogen) atoms. The monoisotopic (exact) mass is 365 g/mol. The highest BCUT2D eigenvalue weighted by molar-refractivity contribution is 5.91. The molecule has 140 valence electrons. The second kappa shape index (κ2) is 8.53. The maximum absolute atomic E-state index is 11.4. The number of carbonyl (C=O) groups excluding carboxylic acids is 2. The van der Waals surface area contributed by atoms with Crippen LogP contribution in [0.3, 0.4) is 0 Å². The molecule has 0 radical (unpaired) electrons. The molecule has 3 aromatic rings. The molecular weight excluding hydrogens is 342 g/mol. The van der Waals surface area contributed by atoms with E-state index in [1.807, 2.05) is 22.8 Å². The summed E-state index contributed by atoms with van der Waals surface area (Å²) in [5, 5.41) is 0.986. The molecule has 7 heteroatoms. The van der Waals surface area contributed by atoms with Crippen molar-refractivity contribution >= 4 is 23.2 Å². The third kappa shape index (κ3) is 4.19. The summed E-state index contributed by atoms with van der Waals surface area (Å²) >= 11 is 0. The van der Waals surface area contributed by atoms with Gasteiger partial charge in [-0.1, -0.05) is 13.3 Å². The Balaban J connectivity index is 1.62. The summed E-state index contributed by atoms with van der Waals surface area (Å²) < 4.78 is 1.98. The average Bonchev–Trinajstić information content (AvgIpc) is 3.04. The highest BCUT2D eigenvalue weighted by atomic mass is 16.1. The van der Waals surface area contributed by atoms with E-state index in [9.17, 15) is 9.59 Å². The van der Waals surface area contributed by atoms with Gasteiger partial charge in [-0.25, -0.2) is 9.97 Å². The van der Waals surface area contributed by atoms with Gasteiger partial charge in [0, 0.05) is 30.0 Å². The zero-order valence-corrected chi connectivity index (χ0v) is 15.4. The fourth-order valence-corrected chi connectivity index (χ4v) is 3.21. The number of carbonyl (C=O) groups is 2. The van der Waals surface area contributed by atoms with E-state index in [4.69, 9.17) is 5.73 Å². The van der Waals surface area contributed by atoms with Crippen molar-refractivity contribution in [1.29, 1.82) is 0 Å². The minimum Gasteiger partial charge on any atom is -0.364 e. The minimum atomic E-state index is -0.551. The van der Waals surface area contributed by atoms with Gasteiger partial charge in [0.05, 0.1) is 11.4 Å². The van der Waals surface area contributed by atoms with Crippen LogP contribution in [0.25, 0.3) is 11.0 Å². The molecule has 0 aliphatic heterocycles. The number of rotatable bonds is 9. The molecule has 1 amide bonds. The molecule has 0 bridgehead atoms. The Labute approximate surface area is 157 Å². The number of unbranched alkanes of at least 4 members (excludes halogenated alkanes) is 2. The van der Waals surface area contributed by atoms with Gasteiger partial charge in [0.2, 0.25) is 0 Å². The van der Waals surface area contributed by atoms with E-state index in [0.717, 1.165) is 55.2 Å². The van der Waals surface area contributed by atoms with E-state index >= 15 is 0 Å². The number of aryl methyl sites for hydroxylation is 3. The van der Waals surface area contributed by atoms with Crippen LogP contribution in [-0.2, 0) is 19.4 Å². The summed E-state index contributed by atoms with van der Waals surface area (Å²) in [5.74, 6) is -0.551. The van der Waals surface area contributed by atoms with Crippen LogP contribution in [-0.4, -0.2) is 31.7 Å². The van der Waals surface area contributed by atoms with Crippen molar-refractivity contribution in [3.63, 3.8) is 0 Å². The predicted octanol–water partition coefficient (Wildman–Crippen LogP) is 2.71. The molecule has 3 aromatic heterocycles. The lowest BCUT2D eigenvalue weighted by atomic mass is 10.1. The van der Waals surface area contributed by atoms with Gasteiger partial charge in [-0.3, -0.25) is 14.6 Å². The topological polar surface area (TPSA) is 104 Å². The maximum atomic E-state index is 11.4. The van der Waals surface area contributed by atoms with Crippen LogP contribution in [0, 0.1) is 0 Å². The Kier molecular flexibility index (Phi) is 5.90. The van der Waals surface area contributed by atoms with E-state index in [1.54, 1.807) is 6.20 Å². The van der Waals surface area contributed by atoms with Crippen molar-refractivity contribution in [3.8, 4) is 0 Å². The predicted molar refractivity (Wildman–Crippen MR) is 103 cm³/mol. The largest absolute Gasteiger partial charge is 0.364 e. The lowest BCUT2D eigenvalue weighted by molar-refractivity contribution is 0.0993. The van der Waals surface area contributed by atoms with E-state index < -0.39 is 5.91 Å². The number of primary amides is 1. The van der Waals surface area contributed by atoms with Crippen molar-refractivity contribution in [3.05, 3.63) is 53.4 Å². The molecule has 0 aliphatic rings. The molecule has 0 atom stereocenters. The smallest absolute Gasteiger partial charge is 0.269 e. The highest BCUT2D eigenvalue weighted by Gasteiger charge is 2.12. The number of hydrogen-bond acceptors (Lipinski definition) is 5. The van der Waals surface area contributed by atoms with Crippen LogP contribution in [0.5, 0.6) is 0 Å². The van der Waals surface area contributed by atoms with Gasteiger partial charge in [-0.05, 0) is 43.9 Å². The number of hydrogen-bond donors (Lipinski definition) is 1. The normalized spacial score (nSPS) is 11.0. The number of pyridine rings is 1. The summed E-state index contributed by atoms with van der Waals surface area (Å²) in [6.07, 6.45) is 8.12. The van der Waals surface area contributed by atoms with Crippen molar-refractivity contribution in [2.45, 2.75) is 45.6 Å². The molecule has 0 unspecified atom stereocenters. The SMILES string of the molecule is CCc1ccc2cc(C=O)n(CCCCCc3nccnc3C(N)=O)c2n1. The second-order valence-corrected chi connectivity index (χ2v) is 6.43. The summed E-state index contributed by atoms with van der Waals surface area (Å²) in [7, 11) is 0. The molecule has 0 saturated carbocycles. The molecule has 2 N–H and O–H groups in total. The number of fused-ring (bicyclic) bond motifs is 1. The molecule has 0 fully saturated rings. The Hall–Kier alpha value is -3.09. The standard InChI is InChI=1S/C20H23N5O2/c1-2-15-8-7-14-12-16(13-26)25(20(14)24-15)11-5-3-4-6-17-18(19(21)27)23-10-9-22-17/h7-10,12-13H,2-6,11H2,1H3,(H2,21,27). The number of amides is 1. The summed E-state index contributed by atoms with van der Waals surface area (Å²) in [4.78, 5) is 35.7. The lowest BCUT2D eigenvalue weighted by Crippen LogP contribution is -2.16. The molecule has 0 aliphatic carbocycles. The number of nitrogens with zero attached hydrogens (tertiary/aromatic N) is 4. The van der Waals surface area contributed by atoms with E-state index in [2.05, 4.69) is 21.9 Å². The van der Waals surface area contributed by atoms with Gasteiger partial charge < -0.3 is 10.3 Å². The first kappa shape index (κ1) is 18.7. The molecule has 3 rings (SSSR count). The van der Waals surface area contributed by atoms with Crippen LogP contribution < -0.4 is 5.73 Å². The van der Waals surface area contributed by atoms with E-state index in [1.165, 1.54) is 6.20 Å². The van der Waals surface area contributed by atoms with Crippen molar-refractivity contribution in [2.24, 2.45) is 5.73 Å². The van der Waals surface area contributed by atoms with Gasteiger partial charge in [-0.15, -0.1) is 0 Å². The lowest BCUT2D eigenvalue weighted by Gasteiger charge is -2.08. The quantitative estimate of drug-likeness (QED) is 0.464. The van der Waals surface area contributed by atoms with Crippen LogP contribution in [0.2, 0.25) is 0 Å². The Bertz CT molecular complexity index is 964. The van der Waals surface area contributed by atoms with Crippen LogP contribution in [0.4, 0.5) is 0 Å². The van der Waals surface area contributed by atoms with Crippen molar-refractivity contribution < 1.29 is 9.59 Å². The molecule has 0 spiro atoms. The fourth-order valence-electron chi connectivity index (χ4n) is 3.21. The molecule has 0 aromatic carbocycles. The minimum absolute atomic E-state index is 0.244. The van der Waals surface area contributed by atoms with Crippen molar-refractivity contribution in [1.82, 2.24) is 19.5 Å². The first-order chi connectivity index (χ1) is 13.1. The van der Waals surface area contributed by atoms with Crippen molar-refractivity contribution in [2.75, 3.05) is 0 Å². The fraction of sp³-hybridized carbons (Fsp3) is 0.350. The van der Waals surface area contributed by atoms with Crippen LogP contribution >= 0.6 is 0 Å².